The maximum Gasteiger partial charge on any atom is 0.407 e. The van der Waals surface area contributed by atoms with Gasteiger partial charge in [-0.2, -0.15) is 0 Å². The molecule has 1 aromatic carbocycles. The Balaban J connectivity index is 1.79. The van der Waals surface area contributed by atoms with Gasteiger partial charge in [0.05, 0.1) is 17.9 Å². The fraction of sp³-hybridized carbons (Fsp3) is 0.750. The third kappa shape index (κ3) is 9.89. The fourth-order valence-electron chi connectivity index (χ4n) is 6.52. The monoisotopic (exact) mass is 622 g/mol. The van der Waals surface area contributed by atoms with E-state index >= 15 is 0 Å². The zero-order valence-corrected chi connectivity index (χ0v) is 27.9. The summed E-state index contributed by atoms with van der Waals surface area (Å²) in [5, 5.41) is 16.8. The zero-order valence-electron chi connectivity index (χ0n) is 27.1. The van der Waals surface area contributed by atoms with E-state index in [-0.39, 0.29) is 30.5 Å². The Morgan fingerprint density at radius 3 is 2.33 bits per heavy atom. The minimum absolute atomic E-state index is 0.00915. The highest BCUT2D eigenvalue weighted by molar-refractivity contribution is 7.92. The van der Waals surface area contributed by atoms with Gasteiger partial charge in [0, 0.05) is 37.8 Å². The van der Waals surface area contributed by atoms with E-state index in [2.05, 4.69) is 29.4 Å². The van der Waals surface area contributed by atoms with Crippen LogP contribution in [0.15, 0.2) is 30.3 Å². The van der Waals surface area contributed by atoms with Gasteiger partial charge in [-0.3, -0.25) is 14.6 Å². The van der Waals surface area contributed by atoms with Gasteiger partial charge >= 0.3 is 6.09 Å². The number of ether oxygens (including phenoxy) is 1. The number of nitrogens with zero attached hydrogens (tertiary/aromatic N) is 2. The van der Waals surface area contributed by atoms with Crippen molar-refractivity contribution in [1.29, 1.82) is 0 Å². The highest BCUT2D eigenvalue weighted by Gasteiger charge is 2.45. The molecule has 2 heterocycles. The fourth-order valence-corrected chi connectivity index (χ4v) is 8.84. The van der Waals surface area contributed by atoms with Crippen molar-refractivity contribution in [2.45, 2.75) is 115 Å². The lowest BCUT2D eigenvalue weighted by atomic mass is 9.98. The maximum absolute atomic E-state index is 13.5. The molecular weight excluding hydrogens is 568 g/mol. The number of nitrogens with one attached hydrogen (secondary N) is 2. The number of alkyl carbamates (subject to hydrolysis) is 1. The van der Waals surface area contributed by atoms with Crippen LogP contribution in [-0.4, -0.2) is 108 Å². The molecule has 0 unspecified atom stereocenters. The number of benzene rings is 1. The summed E-state index contributed by atoms with van der Waals surface area (Å²) < 4.78 is 30.8. The molecule has 0 aliphatic carbocycles. The van der Waals surface area contributed by atoms with Gasteiger partial charge in [0.2, 0.25) is 5.91 Å². The van der Waals surface area contributed by atoms with Gasteiger partial charge in [0.15, 0.2) is 9.84 Å². The van der Waals surface area contributed by atoms with Crippen LogP contribution in [0.5, 0.6) is 0 Å². The van der Waals surface area contributed by atoms with Crippen molar-refractivity contribution in [3.8, 4) is 0 Å². The molecule has 0 radical (unpaired) electrons. The topological polar surface area (TPSA) is 128 Å². The van der Waals surface area contributed by atoms with Crippen LogP contribution in [0.1, 0.15) is 73.3 Å². The first-order chi connectivity index (χ1) is 20.1. The second kappa shape index (κ2) is 15.2. The summed E-state index contributed by atoms with van der Waals surface area (Å²) in [4.78, 5) is 31.1. The van der Waals surface area contributed by atoms with E-state index in [0.717, 1.165) is 24.9 Å². The molecule has 0 aromatic heterocycles. The number of hydrogen-bond donors (Lipinski definition) is 3. The Morgan fingerprint density at radius 2 is 1.74 bits per heavy atom. The third-order valence-electron chi connectivity index (χ3n) is 8.65. The normalized spacial score (nSPS) is 24.6. The van der Waals surface area contributed by atoms with Crippen LogP contribution in [0.3, 0.4) is 0 Å². The zero-order chi connectivity index (χ0) is 31.9. The quantitative estimate of drug-likeness (QED) is 0.325. The molecule has 0 bridgehead atoms. The molecule has 1 aromatic rings. The van der Waals surface area contributed by atoms with Crippen molar-refractivity contribution in [2.75, 3.05) is 31.9 Å². The van der Waals surface area contributed by atoms with E-state index in [4.69, 9.17) is 4.74 Å². The van der Waals surface area contributed by atoms with E-state index in [1.807, 2.05) is 69.9 Å². The number of carbonyl (C=O) groups is 2. The van der Waals surface area contributed by atoms with Gasteiger partial charge in [-0.05, 0) is 57.9 Å². The van der Waals surface area contributed by atoms with E-state index in [1.165, 1.54) is 0 Å². The average molecular weight is 623 g/mol. The van der Waals surface area contributed by atoms with Crippen molar-refractivity contribution in [3.05, 3.63) is 35.9 Å². The minimum atomic E-state index is -3.34. The molecule has 0 spiro atoms. The largest absolute Gasteiger partial charge is 0.445 e. The molecule has 0 saturated carbocycles. The van der Waals surface area contributed by atoms with Crippen LogP contribution in [0.25, 0.3) is 0 Å². The second-order valence-electron chi connectivity index (χ2n) is 13.5. The van der Waals surface area contributed by atoms with E-state index < -0.39 is 51.0 Å². The predicted molar refractivity (Wildman–Crippen MR) is 170 cm³/mol. The van der Waals surface area contributed by atoms with Gasteiger partial charge in [0.1, 0.15) is 17.4 Å². The molecule has 3 N–H and O–H groups in total. The Morgan fingerprint density at radius 1 is 1.09 bits per heavy atom. The lowest BCUT2D eigenvalue weighted by Crippen LogP contribution is -2.64. The smallest absolute Gasteiger partial charge is 0.407 e. The van der Waals surface area contributed by atoms with Crippen molar-refractivity contribution in [3.63, 3.8) is 0 Å². The number of carbonyl (C=O) groups excluding carboxylic acids is 2. The Bertz CT molecular complexity index is 1150. The molecule has 3 rings (SSSR count). The van der Waals surface area contributed by atoms with Crippen molar-refractivity contribution in [1.82, 2.24) is 20.4 Å². The molecular formula is C32H54N4O6S. The Kier molecular flexibility index (Phi) is 12.5. The highest BCUT2D eigenvalue weighted by atomic mass is 32.2. The van der Waals surface area contributed by atoms with Gasteiger partial charge in [0.25, 0.3) is 0 Å². The molecule has 2 aliphatic heterocycles. The number of piperazine rings is 1. The summed E-state index contributed by atoms with van der Waals surface area (Å²) >= 11 is 0. The molecule has 11 heteroatoms. The van der Waals surface area contributed by atoms with Gasteiger partial charge in [-0.1, -0.05) is 58.0 Å². The first-order valence-corrected chi connectivity index (χ1v) is 17.6. The van der Waals surface area contributed by atoms with Crippen LogP contribution in [-0.2, 0) is 25.8 Å². The van der Waals surface area contributed by atoms with Crippen LogP contribution in [0.4, 0.5) is 4.79 Å². The third-order valence-corrected chi connectivity index (χ3v) is 11.1. The van der Waals surface area contributed by atoms with Gasteiger partial charge in [-0.25, -0.2) is 13.2 Å². The predicted octanol–water partition coefficient (Wildman–Crippen LogP) is 2.99. The molecule has 5 atom stereocenters. The average Bonchev–Trinajstić information content (AvgIpc) is 3.22. The molecule has 2 aliphatic rings. The maximum atomic E-state index is 13.5. The highest BCUT2D eigenvalue weighted by Crippen LogP contribution is 2.29. The Labute approximate surface area is 258 Å². The van der Waals surface area contributed by atoms with Crippen LogP contribution < -0.4 is 10.6 Å². The van der Waals surface area contributed by atoms with Gasteiger partial charge < -0.3 is 20.5 Å². The number of aliphatic hydroxyl groups is 1. The first kappa shape index (κ1) is 35.3. The van der Waals surface area contributed by atoms with Crippen LogP contribution in [0.2, 0.25) is 0 Å². The lowest BCUT2D eigenvalue weighted by molar-refractivity contribution is -0.132. The Hall–Kier alpha value is -2.21. The molecule has 43 heavy (non-hydrogen) atoms. The van der Waals surface area contributed by atoms with E-state index in [0.29, 0.717) is 25.6 Å². The number of sulfone groups is 1. The summed E-state index contributed by atoms with van der Waals surface area (Å²) in [5.41, 5.74) is 0.525. The molecule has 244 valence electrons. The molecule has 2 amide bonds. The summed E-state index contributed by atoms with van der Waals surface area (Å²) in [6.45, 7) is 16.0. The molecule has 2 fully saturated rings. The van der Waals surface area contributed by atoms with Gasteiger partial charge in [-0.15, -0.1) is 0 Å². The number of rotatable bonds is 12. The lowest BCUT2D eigenvalue weighted by Gasteiger charge is -2.45. The summed E-state index contributed by atoms with van der Waals surface area (Å²) in [5.74, 6) is -0.277. The SMILES string of the molecule is CCC(CC)N1CCN(C[C@@H](O)[C@H](Cc2ccccc2)NC(=O)O[C@@H]2CCS(=O)(=O)[C@@H]2C(C)C)[C@H](C(=O)NC(C)(C)C)C1. The van der Waals surface area contributed by atoms with Crippen LogP contribution in [0, 0.1) is 5.92 Å². The molecule has 10 nitrogen and oxygen atoms in total. The van der Waals surface area contributed by atoms with E-state index in [9.17, 15) is 23.1 Å². The number of β-amino-alcohol motifs (C(OH)–C–C–N with tert-alkyl or cyclic N) is 1. The first-order valence-electron chi connectivity index (χ1n) is 15.9. The number of amides is 2. The second-order valence-corrected chi connectivity index (χ2v) is 15.8. The van der Waals surface area contributed by atoms with Crippen molar-refractivity contribution >= 4 is 21.8 Å². The minimum Gasteiger partial charge on any atom is -0.445 e. The van der Waals surface area contributed by atoms with Crippen LogP contribution >= 0.6 is 0 Å². The van der Waals surface area contributed by atoms with E-state index in [1.54, 1.807) is 0 Å². The summed E-state index contributed by atoms with van der Waals surface area (Å²) in [7, 11) is -3.34. The standard InChI is InChI=1S/C32H54N4O6S/c1-8-24(9-2)35-16-17-36(26(20-35)30(38)34-32(5,6)7)21-27(37)25(19-23-13-11-10-12-14-23)33-31(39)42-28-15-18-43(40,41)29(28)22(3)4/h10-14,22,24-29,37H,8-9,15-21H2,1-7H3,(H,33,39)(H,34,38)/t25-,26-,27+,28+,29+/m0/s1. The summed E-state index contributed by atoms with van der Waals surface area (Å²) in [6, 6.07) is 8.78. The molecule has 2 saturated heterocycles. The number of hydrogen-bond acceptors (Lipinski definition) is 8. The van der Waals surface area contributed by atoms with Crippen molar-refractivity contribution < 1.29 is 27.9 Å². The van der Waals surface area contributed by atoms with Crippen molar-refractivity contribution in [2.24, 2.45) is 5.92 Å². The number of aliphatic hydroxyl groups excluding tert-OH is 1. The summed E-state index contributed by atoms with van der Waals surface area (Å²) in [6.07, 6.45) is 0.119.